The fourth-order valence-electron chi connectivity index (χ4n) is 3.79. The minimum absolute atomic E-state index is 0.0612. The zero-order chi connectivity index (χ0) is 19.5. The van der Waals surface area contributed by atoms with E-state index in [0.717, 1.165) is 36.0 Å². The zero-order valence-electron chi connectivity index (χ0n) is 15.8. The summed E-state index contributed by atoms with van der Waals surface area (Å²) in [5.41, 5.74) is 4.31. The van der Waals surface area contributed by atoms with Crippen LogP contribution in [0.5, 0.6) is 5.75 Å². The number of para-hydroxylation sites is 1. The maximum absolute atomic E-state index is 12.2. The van der Waals surface area contributed by atoms with E-state index in [1.165, 1.54) is 17.2 Å². The molecule has 0 atom stereocenters. The van der Waals surface area contributed by atoms with E-state index in [-0.39, 0.29) is 19.0 Å². The first-order valence-corrected chi connectivity index (χ1v) is 9.50. The number of fused-ring (bicyclic) bond motifs is 2. The monoisotopic (exact) mass is 378 g/mol. The second-order valence-electron chi connectivity index (χ2n) is 7.03. The molecule has 0 fully saturated rings. The number of esters is 1. The van der Waals surface area contributed by atoms with Gasteiger partial charge < -0.3 is 13.9 Å². The van der Waals surface area contributed by atoms with Crippen molar-refractivity contribution in [1.29, 1.82) is 0 Å². The molecule has 0 saturated carbocycles. The minimum atomic E-state index is -0.425. The van der Waals surface area contributed by atoms with E-state index in [0.29, 0.717) is 17.6 Å². The van der Waals surface area contributed by atoms with Gasteiger partial charge >= 0.3 is 11.6 Å². The third-order valence-electron chi connectivity index (χ3n) is 5.22. The van der Waals surface area contributed by atoms with Crippen molar-refractivity contribution in [3.63, 3.8) is 0 Å². The van der Waals surface area contributed by atoms with Crippen molar-refractivity contribution in [2.45, 2.75) is 38.7 Å². The van der Waals surface area contributed by atoms with E-state index in [1.54, 1.807) is 7.11 Å². The highest BCUT2D eigenvalue weighted by atomic mass is 16.5. The first-order valence-electron chi connectivity index (χ1n) is 9.50. The summed E-state index contributed by atoms with van der Waals surface area (Å²) in [5.74, 6) is 0.448. The third kappa shape index (κ3) is 3.79. The van der Waals surface area contributed by atoms with E-state index < -0.39 is 5.63 Å². The maximum atomic E-state index is 12.2. The van der Waals surface area contributed by atoms with Crippen LogP contribution in [0.25, 0.3) is 11.0 Å². The lowest BCUT2D eigenvalue weighted by atomic mass is 10.0. The van der Waals surface area contributed by atoms with E-state index in [1.807, 2.05) is 30.3 Å². The van der Waals surface area contributed by atoms with Crippen LogP contribution in [-0.4, -0.2) is 13.1 Å². The fourth-order valence-corrected chi connectivity index (χ4v) is 3.79. The van der Waals surface area contributed by atoms with Crippen LogP contribution in [0.3, 0.4) is 0 Å². The van der Waals surface area contributed by atoms with Crippen LogP contribution in [-0.2, 0) is 35.4 Å². The molecule has 3 aromatic rings. The van der Waals surface area contributed by atoms with E-state index in [4.69, 9.17) is 13.9 Å². The minimum Gasteiger partial charge on any atom is -0.496 e. The van der Waals surface area contributed by atoms with Crippen LogP contribution in [0, 0.1) is 0 Å². The number of carbonyl (C=O) groups excluding carboxylic acids is 1. The van der Waals surface area contributed by atoms with Gasteiger partial charge in [0, 0.05) is 23.4 Å². The number of methoxy groups -OCH3 is 1. The highest BCUT2D eigenvalue weighted by Gasteiger charge is 2.16. The first kappa shape index (κ1) is 18.3. The smallest absolute Gasteiger partial charge is 0.336 e. The van der Waals surface area contributed by atoms with Gasteiger partial charge in [-0.1, -0.05) is 18.2 Å². The van der Waals surface area contributed by atoms with Crippen molar-refractivity contribution in [2.75, 3.05) is 7.11 Å². The van der Waals surface area contributed by atoms with Gasteiger partial charge in [-0.3, -0.25) is 4.79 Å². The molecule has 0 bridgehead atoms. The third-order valence-corrected chi connectivity index (χ3v) is 5.22. The van der Waals surface area contributed by atoms with Crippen molar-refractivity contribution in [3.05, 3.63) is 75.1 Å². The summed E-state index contributed by atoms with van der Waals surface area (Å²) < 4.78 is 16.1. The first-order chi connectivity index (χ1) is 13.6. The van der Waals surface area contributed by atoms with E-state index in [2.05, 4.69) is 6.07 Å². The van der Waals surface area contributed by atoms with Crippen molar-refractivity contribution in [3.8, 4) is 5.75 Å². The van der Waals surface area contributed by atoms with Crippen LogP contribution in [0.2, 0.25) is 0 Å². The molecule has 0 amide bonds. The Bertz CT molecular complexity index is 1080. The van der Waals surface area contributed by atoms with Crippen LogP contribution in [0.4, 0.5) is 0 Å². The topological polar surface area (TPSA) is 65.7 Å². The van der Waals surface area contributed by atoms with Gasteiger partial charge in [-0.25, -0.2) is 4.79 Å². The molecule has 1 aliphatic carbocycles. The molecule has 0 radical (unpaired) electrons. The molecule has 1 heterocycles. The second kappa shape index (κ2) is 7.89. The van der Waals surface area contributed by atoms with Crippen molar-refractivity contribution in [2.24, 2.45) is 0 Å². The standard InChI is InChI=1S/C23H22O5/c1-26-20-8-3-2-5-15(20)9-10-22(24)27-14-18-13-23(25)28-21-12-17-7-4-6-16(17)11-19(18)21/h2-3,5,8,11-13H,4,6-7,9-10,14H2,1H3. The largest absolute Gasteiger partial charge is 0.496 e. The Morgan fingerprint density at radius 2 is 1.86 bits per heavy atom. The highest BCUT2D eigenvalue weighted by molar-refractivity contribution is 5.82. The quantitative estimate of drug-likeness (QED) is 0.480. The number of hydrogen-bond acceptors (Lipinski definition) is 5. The van der Waals surface area contributed by atoms with Gasteiger partial charge in [0.1, 0.15) is 17.9 Å². The summed E-state index contributed by atoms with van der Waals surface area (Å²) in [6.45, 7) is 0.0612. The van der Waals surface area contributed by atoms with Crippen LogP contribution in [0.1, 0.15) is 35.1 Å². The Hall–Kier alpha value is -3.08. The Morgan fingerprint density at radius 3 is 2.68 bits per heavy atom. The predicted octanol–water partition coefficient (Wildman–Crippen LogP) is 3.97. The van der Waals surface area contributed by atoms with Crippen molar-refractivity contribution >= 4 is 16.9 Å². The summed E-state index contributed by atoms with van der Waals surface area (Å²) in [5, 5.41) is 0.845. The lowest BCUT2D eigenvalue weighted by molar-refractivity contribution is -0.144. The fraction of sp³-hybridized carbons (Fsp3) is 0.304. The van der Waals surface area contributed by atoms with Crippen LogP contribution in [0.15, 0.2) is 51.7 Å². The van der Waals surface area contributed by atoms with Gasteiger partial charge in [-0.15, -0.1) is 0 Å². The Morgan fingerprint density at radius 1 is 1.07 bits per heavy atom. The Balaban J connectivity index is 1.46. The van der Waals surface area contributed by atoms with Crippen LogP contribution >= 0.6 is 0 Å². The lowest BCUT2D eigenvalue weighted by Gasteiger charge is -2.10. The number of hydrogen-bond donors (Lipinski definition) is 0. The molecular formula is C23H22O5. The number of benzene rings is 2. The normalized spacial score (nSPS) is 12.8. The molecule has 2 aromatic carbocycles. The van der Waals surface area contributed by atoms with Gasteiger partial charge in [0.15, 0.2) is 0 Å². The molecule has 28 heavy (non-hydrogen) atoms. The van der Waals surface area contributed by atoms with Crippen molar-refractivity contribution in [1.82, 2.24) is 0 Å². The molecule has 0 spiro atoms. The molecule has 1 aromatic heterocycles. The number of carbonyl (C=O) groups is 1. The second-order valence-corrected chi connectivity index (χ2v) is 7.03. The predicted molar refractivity (Wildman–Crippen MR) is 106 cm³/mol. The zero-order valence-corrected chi connectivity index (χ0v) is 15.8. The SMILES string of the molecule is COc1ccccc1CCC(=O)OCc1cc(=O)oc2cc3c(cc12)CCC3. The van der Waals surface area contributed by atoms with E-state index in [9.17, 15) is 9.59 Å². The average molecular weight is 378 g/mol. The number of rotatable bonds is 6. The molecule has 1 aliphatic rings. The van der Waals surface area contributed by atoms with E-state index >= 15 is 0 Å². The Kier molecular flexibility index (Phi) is 5.15. The molecule has 0 saturated heterocycles. The van der Waals surface area contributed by atoms with Gasteiger partial charge in [0.05, 0.1) is 7.11 Å². The summed E-state index contributed by atoms with van der Waals surface area (Å²) in [7, 11) is 1.61. The average Bonchev–Trinajstić information content (AvgIpc) is 3.16. The molecular weight excluding hydrogens is 356 g/mol. The number of aryl methyl sites for hydroxylation is 3. The van der Waals surface area contributed by atoms with Gasteiger partial charge in [-0.05, 0) is 60.6 Å². The molecule has 0 unspecified atom stereocenters. The lowest BCUT2D eigenvalue weighted by Crippen LogP contribution is -2.09. The molecule has 0 aliphatic heterocycles. The maximum Gasteiger partial charge on any atom is 0.336 e. The summed E-state index contributed by atoms with van der Waals surface area (Å²) in [4.78, 5) is 24.1. The van der Waals surface area contributed by atoms with Crippen molar-refractivity contribution < 1.29 is 18.7 Å². The molecule has 5 heteroatoms. The highest BCUT2D eigenvalue weighted by Crippen LogP contribution is 2.29. The summed E-state index contributed by atoms with van der Waals surface area (Å²) in [6, 6.07) is 13.0. The number of ether oxygens (including phenoxy) is 2. The molecule has 5 nitrogen and oxygen atoms in total. The molecule has 0 N–H and O–H groups in total. The summed E-state index contributed by atoms with van der Waals surface area (Å²) in [6.07, 6.45) is 3.94. The van der Waals surface area contributed by atoms with Gasteiger partial charge in [0.25, 0.3) is 0 Å². The van der Waals surface area contributed by atoms with Gasteiger partial charge in [-0.2, -0.15) is 0 Å². The molecule has 4 rings (SSSR count). The van der Waals surface area contributed by atoms with Gasteiger partial charge in [0.2, 0.25) is 0 Å². The Labute approximate surface area is 162 Å². The molecule has 144 valence electrons. The van der Waals surface area contributed by atoms with Crippen LogP contribution < -0.4 is 10.4 Å². The summed E-state index contributed by atoms with van der Waals surface area (Å²) >= 11 is 0.